The van der Waals surface area contributed by atoms with E-state index in [0.717, 1.165) is 6.08 Å². The molecule has 3 heteroatoms. The minimum atomic E-state index is -1.00. The molecule has 70 valence electrons. The second kappa shape index (κ2) is 3.58. The van der Waals surface area contributed by atoms with Crippen molar-refractivity contribution < 1.29 is 15.0 Å². The van der Waals surface area contributed by atoms with E-state index < -0.39 is 11.6 Å². The third kappa shape index (κ3) is 2.56. The number of allylic oxidation sites excluding steroid dienone is 2. The van der Waals surface area contributed by atoms with Crippen LogP contribution < -0.4 is 0 Å². The van der Waals surface area contributed by atoms with E-state index in [1.165, 1.54) is 6.08 Å². The minimum absolute atomic E-state index is 0.270. The van der Waals surface area contributed by atoms with Crippen molar-refractivity contribution in [2.24, 2.45) is 5.92 Å². The van der Waals surface area contributed by atoms with Gasteiger partial charge in [-0.3, -0.25) is 0 Å². The highest BCUT2D eigenvalue weighted by Gasteiger charge is 2.26. The molecule has 1 aliphatic rings. The lowest BCUT2D eigenvalue weighted by molar-refractivity contribution is -0.131. The maximum Gasteiger partial charge on any atom is 0.327 e. The molecule has 0 unspecified atom stereocenters. The zero-order valence-electron chi connectivity index (χ0n) is 7.34. The highest BCUT2D eigenvalue weighted by molar-refractivity contribution is 5.79. The molecule has 0 spiro atoms. The average Bonchev–Trinajstić information content (AvgIpc) is 2.01. The Morgan fingerprint density at radius 3 is 2.77 bits per heavy atom. The average molecular weight is 180 g/mol. The fourth-order valence-corrected chi connectivity index (χ4v) is 1.19. The molecule has 0 amide bonds. The van der Waals surface area contributed by atoms with Crippen molar-refractivity contribution in [1.29, 1.82) is 0 Å². The van der Waals surface area contributed by atoms with E-state index in [9.17, 15) is 9.90 Å². The van der Waals surface area contributed by atoms with Crippen LogP contribution in [0, 0.1) is 5.92 Å². The molecule has 0 fully saturated rings. The molecule has 13 heavy (non-hydrogen) atoms. The second-order valence-electron chi connectivity index (χ2n) is 3.19. The largest absolute Gasteiger partial charge is 0.478 e. The van der Waals surface area contributed by atoms with E-state index in [1.807, 2.05) is 0 Å². The third-order valence-corrected chi connectivity index (χ3v) is 1.98. The molecule has 0 radical (unpaired) electrons. The van der Waals surface area contributed by atoms with Gasteiger partial charge < -0.3 is 10.2 Å². The quantitative estimate of drug-likeness (QED) is 0.626. The monoisotopic (exact) mass is 180 g/mol. The molecule has 0 aromatic carbocycles. The fraction of sp³-hybridized carbons (Fsp3) is 0.300. The van der Waals surface area contributed by atoms with E-state index >= 15 is 0 Å². The first-order chi connectivity index (χ1) is 6.02. The number of carboxylic acids is 1. The predicted octanol–water partition coefficient (Wildman–Crippen LogP) is 1.12. The van der Waals surface area contributed by atoms with Gasteiger partial charge in [-0.25, -0.2) is 4.79 Å². The van der Waals surface area contributed by atoms with Crippen molar-refractivity contribution >= 4 is 5.97 Å². The summed E-state index contributed by atoms with van der Waals surface area (Å²) in [6.07, 6.45) is 9.45. The number of carbonyl (C=O) groups is 1. The molecule has 0 aromatic heterocycles. The van der Waals surface area contributed by atoms with Crippen LogP contribution in [-0.2, 0) is 4.79 Å². The Labute approximate surface area is 76.7 Å². The highest BCUT2D eigenvalue weighted by atomic mass is 16.4. The van der Waals surface area contributed by atoms with E-state index in [1.54, 1.807) is 31.2 Å². The van der Waals surface area contributed by atoms with E-state index in [-0.39, 0.29) is 5.92 Å². The molecule has 0 saturated carbocycles. The molecule has 0 heterocycles. The van der Waals surface area contributed by atoms with Crippen LogP contribution in [0.1, 0.15) is 6.92 Å². The molecular weight excluding hydrogens is 168 g/mol. The van der Waals surface area contributed by atoms with E-state index in [4.69, 9.17) is 5.11 Å². The standard InChI is InChI=1S/C10H12O3/c1-10(13)7-3-2-4-8(10)5-6-9(11)12/h2-8,13H,1H3,(H,11,12)/b6-5+/t8-,10+/m1/s1. The van der Waals surface area contributed by atoms with Crippen molar-refractivity contribution in [1.82, 2.24) is 0 Å². The zero-order valence-corrected chi connectivity index (χ0v) is 7.34. The Bertz CT molecular complexity index is 285. The number of aliphatic carboxylic acids is 1. The molecule has 1 rings (SSSR count). The van der Waals surface area contributed by atoms with Crippen molar-refractivity contribution in [3.05, 3.63) is 36.5 Å². The summed E-state index contributed by atoms with van der Waals surface area (Å²) in [6, 6.07) is 0. The SMILES string of the molecule is C[C@]1(O)C=CC=C[C@@H]1/C=C/C(=O)O. The molecule has 0 bridgehead atoms. The van der Waals surface area contributed by atoms with Crippen LogP contribution in [-0.4, -0.2) is 21.8 Å². The first kappa shape index (κ1) is 9.74. The molecule has 2 N–H and O–H groups in total. The Morgan fingerprint density at radius 2 is 2.23 bits per heavy atom. The van der Waals surface area contributed by atoms with Crippen molar-refractivity contribution in [3.8, 4) is 0 Å². The van der Waals surface area contributed by atoms with Crippen LogP contribution in [0.25, 0.3) is 0 Å². The lowest BCUT2D eigenvalue weighted by Gasteiger charge is -2.27. The summed E-state index contributed by atoms with van der Waals surface area (Å²) in [6.45, 7) is 1.64. The molecule has 0 saturated heterocycles. The highest BCUT2D eigenvalue weighted by Crippen LogP contribution is 2.24. The molecule has 0 aliphatic heterocycles. The maximum atomic E-state index is 10.2. The van der Waals surface area contributed by atoms with Gasteiger partial charge in [0, 0.05) is 12.0 Å². The summed E-state index contributed by atoms with van der Waals surface area (Å²) in [7, 11) is 0. The van der Waals surface area contributed by atoms with Gasteiger partial charge in [0.1, 0.15) is 0 Å². The summed E-state index contributed by atoms with van der Waals surface area (Å²) in [5, 5.41) is 18.2. The predicted molar refractivity (Wildman–Crippen MR) is 49.2 cm³/mol. The van der Waals surface area contributed by atoms with E-state index in [2.05, 4.69) is 0 Å². The van der Waals surface area contributed by atoms with Gasteiger partial charge in [0.05, 0.1) is 5.60 Å². The van der Waals surface area contributed by atoms with Gasteiger partial charge in [0.2, 0.25) is 0 Å². The lowest BCUT2D eigenvalue weighted by Crippen LogP contribution is -2.31. The summed E-state index contributed by atoms with van der Waals surface area (Å²) in [5.74, 6) is -1.27. The fourth-order valence-electron chi connectivity index (χ4n) is 1.19. The third-order valence-electron chi connectivity index (χ3n) is 1.98. The van der Waals surface area contributed by atoms with Crippen LogP contribution >= 0.6 is 0 Å². The number of aliphatic hydroxyl groups is 1. The number of carboxylic acid groups (broad SMARTS) is 1. The normalized spacial score (nSPS) is 32.6. The first-order valence-electron chi connectivity index (χ1n) is 4.02. The van der Waals surface area contributed by atoms with Crippen LogP contribution in [0.3, 0.4) is 0 Å². The smallest absolute Gasteiger partial charge is 0.327 e. The topological polar surface area (TPSA) is 57.5 Å². The van der Waals surface area contributed by atoms with Gasteiger partial charge in [-0.15, -0.1) is 0 Å². The summed E-state index contributed by atoms with van der Waals surface area (Å²) in [5.41, 5.74) is -0.985. The summed E-state index contributed by atoms with van der Waals surface area (Å²) in [4.78, 5) is 10.2. The Kier molecular flexibility index (Phi) is 2.68. The maximum absolute atomic E-state index is 10.2. The van der Waals surface area contributed by atoms with Crippen LogP contribution in [0.4, 0.5) is 0 Å². The van der Waals surface area contributed by atoms with Gasteiger partial charge in [-0.1, -0.05) is 30.4 Å². The Morgan fingerprint density at radius 1 is 1.54 bits per heavy atom. The first-order valence-corrected chi connectivity index (χ1v) is 4.02. The Hall–Kier alpha value is -1.35. The number of hydrogen-bond donors (Lipinski definition) is 2. The summed E-state index contributed by atoms with van der Waals surface area (Å²) >= 11 is 0. The van der Waals surface area contributed by atoms with Gasteiger partial charge >= 0.3 is 5.97 Å². The molecule has 1 aliphatic carbocycles. The Balaban J connectivity index is 2.75. The molecule has 2 atom stereocenters. The molecule has 0 aromatic rings. The minimum Gasteiger partial charge on any atom is -0.478 e. The number of rotatable bonds is 2. The molecular formula is C10H12O3. The van der Waals surface area contributed by atoms with Crippen molar-refractivity contribution in [3.63, 3.8) is 0 Å². The van der Waals surface area contributed by atoms with Crippen LogP contribution in [0.2, 0.25) is 0 Å². The number of hydrogen-bond acceptors (Lipinski definition) is 2. The van der Waals surface area contributed by atoms with Crippen LogP contribution in [0.15, 0.2) is 36.5 Å². The second-order valence-corrected chi connectivity index (χ2v) is 3.19. The van der Waals surface area contributed by atoms with E-state index in [0.29, 0.717) is 0 Å². The zero-order chi connectivity index (χ0) is 9.90. The van der Waals surface area contributed by atoms with Crippen molar-refractivity contribution in [2.45, 2.75) is 12.5 Å². The summed E-state index contributed by atoms with van der Waals surface area (Å²) < 4.78 is 0. The van der Waals surface area contributed by atoms with Gasteiger partial charge in [0.25, 0.3) is 0 Å². The molecule has 3 nitrogen and oxygen atoms in total. The lowest BCUT2D eigenvalue weighted by atomic mass is 9.85. The van der Waals surface area contributed by atoms with Crippen molar-refractivity contribution in [2.75, 3.05) is 0 Å². The van der Waals surface area contributed by atoms with Gasteiger partial charge in [0.15, 0.2) is 0 Å². The van der Waals surface area contributed by atoms with Gasteiger partial charge in [-0.2, -0.15) is 0 Å². The van der Waals surface area contributed by atoms with Crippen LogP contribution in [0.5, 0.6) is 0 Å². The van der Waals surface area contributed by atoms with Gasteiger partial charge in [-0.05, 0) is 6.92 Å².